The summed E-state index contributed by atoms with van der Waals surface area (Å²) in [5.41, 5.74) is 0.535. The van der Waals surface area contributed by atoms with Crippen LogP contribution in [-0.2, 0) is 14.8 Å². The fourth-order valence-electron chi connectivity index (χ4n) is 4.18. The quantitative estimate of drug-likeness (QED) is 0.850. The molecular formula is C16H18N2O6S. The van der Waals surface area contributed by atoms with Gasteiger partial charge in [0.2, 0.25) is 10.0 Å². The van der Waals surface area contributed by atoms with Crippen molar-refractivity contribution in [1.29, 1.82) is 0 Å². The molecule has 2 fully saturated rings. The predicted molar refractivity (Wildman–Crippen MR) is 87.6 cm³/mol. The minimum absolute atomic E-state index is 0.0553. The Balaban J connectivity index is 1.80. The second-order valence-corrected chi connectivity index (χ2v) is 8.55. The number of oxazole rings is 1. The molecule has 2 aliphatic rings. The van der Waals surface area contributed by atoms with Crippen LogP contribution in [0, 0.1) is 5.92 Å². The number of fused-ring (bicyclic) bond motifs is 2. The van der Waals surface area contributed by atoms with Crippen LogP contribution >= 0.6 is 0 Å². The van der Waals surface area contributed by atoms with Gasteiger partial charge in [-0.2, -0.15) is 4.31 Å². The van der Waals surface area contributed by atoms with Crippen molar-refractivity contribution in [2.45, 2.75) is 49.1 Å². The van der Waals surface area contributed by atoms with Crippen LogP contribution < -0.4 is 5.76 Å². The highest BCUT2D eigenvalue weighted by Gasteiger charge is 2.51. The van der Waals surface area contributed by atoms with E-state index in [1.165, 1.54) is 22.5 Å². The molecule has 2 heterocycles. The zero-order chi connectivity index (χ0) is 17.8. The van der Waals surface area contributed by atoms with Crippen molar-refractivity contribution in [2.75, 3.05) is 0 Å². The van der Waals surface area contributed by atoms with Gasteiger partial charge < -0.3 is 9.52 Å². The molecule has 0 amide bonds. The lowest BCUT2D eigenvalue weighted by Crippen LogP contribution is -2.46. The highest BCUT2D eigenvalue weighted by atomic mass is 32.2. The lowest BCUT2D eigenvalue weighted by molar-refractivity contribution is -0.141. The molecule has 3 unspecified atom stereocenters. The Morgan fingerprint density at radius 1 is 1.28 bits per heavy atom. The van der Waals surface area contributed by atoms with Crippen molar-refractivity contribution in [3.63, 3.8) is 0 Å². The number of aromatic nitrogens is 1. The van der Waals surface area contributed by atoms with Gasteiger partial charge in [0.1, 0.15) is 6.04 Å². The van der Waals surface area contributed by atoms with Crippen molar-refractivity contribution in [1.82, 2.24) is 9.29 Å². The first-order valence-corrected chi connectivity index (χ1v) is 9.71. The van der Waals surface area contributed by atoms with Crippen LogP contribution in [0.3, 0.4) is 0 Å². The van der Waals surface area contributed by atoms with Gasteiger partial charge in [0.25, 0.3) is 0 Å². The van der Waals surface area contributed by atoms with Crippen LogP contribution in [-0.4, -0.2) is 40.9 Å². The lowest BCUT2D eigenvalue weighted by atomic mass is 9.85. The monoisotopic (exact) mass is 366 g/mol. The normalized spacial score (nSPS) is 27.4. The fourth-order valence-corrected chi connectivity index (χ4v) is 6.07. The maximum absolute atomic E-state index is 13.2. The third-order valence-electron chi connectivity index (χ3n) is 5.28. The summed E-state index contributed by atoms with van der Waals surface area (Å²) in [6.45, 7) is 0. The molecule has 4 rings (SSSR count). The number of rotatable bonds is 3. The topological polar surface area (TPSA) is 121 Å². The number of carboxylic acid groups (broad SMARTS) is 1. The molecule has 2 aromatic rings. The third kappa shape index (κ3) is 2.58. The molecule has 8 nitrogen and oxygen atoms in total. The Morgan fingerprint density at radius 3 is 2.80 bits per heavy atom. The number of nitrogens with zero attached hydrogens (tertiary/aromatic N) is 1. The molecule has 1 aromatic heterocycles. The summed E-state index contributed by atoms with van der Waals surface area (Å²) in [5, 5.41) is 9.55. The van der Waals surface area contributed by atoms with Gasteiger partial charge in [0.05, 0.1) is 10.4 Å². The SMILES string of the molecule is O=C(O)C1CC2CCCCC2N1S(=O)(=O)c1ccc2[nH]c(=O)oc2c1. The number of sulfonamides is 1. The molecule has 0 radical (unpaired) electrons. The molecule has 0 spiro atoms. The van der Waals surface area contributed by atoms with E-state index < -0.39 is 27.8 Å². The van der Waals surface area contributed by atoms with E-state index in [2.05, 4.69) is 4.98 Å². The molecule has 1 aliphatic carbocycles. The van der Waals surface area contributed by atoms with Crippen molar-refractivity contribution in [3.05, 3.63) is 28.7 Å². The van der Waals surface area contributed by atoms with E-state index in [1.807, 2.05) is 0 Å². The van der Waals surface area contributed by atoms with E-state index in [4.69, 9.17) is 4.42 Å². The number of H-pyrrole nitrogens is 1. The largest absolute Gasteiger partial charge is 0.480 e. The summed E-state index contributed by atoms with van der Waals surface area (Å²) in [6.07, 6.45) is 3.77. The number of carbonyl (C=O) groups is 1. The van der Waals surface area contributed by atoms with Gasteiger partial charge in [0, 0.05) is 12.1 Å². The van der Waals surface area contributed by atoms with Crippen LogP contribution in [0.15, 0.2) is 32.3 Å². The second kappa shape index (κ2) is 5.70. The smallest absolute Gasteiger partial charge is 0.417 e. The van der Waals surface area contributed by atoms with Gasteiger partial charge >= 0.3 is 11.7 Å². The van der Waals surface area contributed by atoms with E-state index in [0.29, 0.717) is 18.4 Å². The summed E-state index contributed by atoms with van der Waals surface area (Å²) < 4.78 is 32.5. The third-order valence-corrected chi connectivity index (χ3v) is 7.21. The summed E-state index contributed by atoms with van der Waals surface area (Å²) >= 11 is 0. The maximum atomic E-state index is 13.2. The summed E-state index contributed by atoms with van der Waals surface area (Å²) in [5.74, 6) is -1.70. The summed E-state index contributed by atoms with van der Waals surface area (Å²) in [4.78, 5) is 25.4. The number of aromatic amines is 1. The van der Waals surface area contributed by atoms with E-state index in [0.717, 1.165) is 19.3 Å². The predicted octanol–water partition coefficient (Wildman–Crippen LogP) is 1.53. The van der Waals surface area contributed by atoms with Gasteiger partial charge in [-0.25, -0.2) is 13.2 Å². The average molecular weight is 366 g/mol. The molecule has 1 aliphatic heterocycles. The lowest BCUT2D eigenvalue weighted by Gasteiger charge is -2.32. The van der Waals surface area contributed by atoms with Gasteiger partial charge in [-0.05, 0) is 37.3 Å². The Hall–Kier alpha value is -2.13. The van der Waals surface area contributed by atoms with E-state index in [-0.39, 0.29) is 22.4 Å². The Kier molecular flexibility index (Phi) is 3.73. The molecule has 3 atom stereocenters. The highest BCUT2D eigenvalue weighted by molar-refractivity contribution is 7.89. The molecule has 25 heavy (non-hydrogen) atoms. The number of hydrogen-bond acceptors (Lipinski definition) is 5. The first-order chi connectivity index (χ1) is 11.9. The van der Waals surface area contributed by atoms with Crippen LogP contribution in [0.1, 0.15) is 32.1 Å². The van der Waals surface area contributed by atoms with Gasteiger partial charge in [-0.1, -0.05) is 12.8 Å². The van der Waals surface area contributed by atoms with Crippen LogP contribution in [0.4, 0.5) is 0 Å². The second-order valence-electron chi connectivity index (χ2n) is 6.71. The minimum atomic E-state index is -4.01. The van der Waals surface area contributed by atoms with E-state index >= 15 is 0 Å². The van der Waals surface area contributed by atoms with E-state index in [9.17, 15) is 23.1 Å². The summed E-state index contributed by atoms with van der Waals surface area (Å²) in [6, 6.07) is 2.77. The summed E-state index contributed by atoms with van der Waals surface area (Å²) in [7, 11) is -4.01. The standard InChI is InChI=1S/C16H18N2O6S/c19-15(20)13-7-9-3-1-2-4-12(9)18(13)25(22,23)10-5-6-11-14(8-10)24-16(21)17-11/h5-6,8-9,12-13H,1-4,7H2,(H,17,21)(H,19,20). The average Bonchev–Trinajstić information content (AvgIpc) is 3.13. The van der Waals surface area contributed by atoms with Crippen molar-refractivity contribution >= 4 is 27.1 Å². The van der Waals surface area contributed by atoms with Crippen molar-refractivity contribution in [3.8, 4) is 0 Å². The molecule has 0 bridgehead atoms. The van der Waals surface area contributed by atoms with Gasteiger partial charge in [0.15, 0.2) is 5.58 Å². The molecule has 1 saturated carbocycles. The molecule has 1 saturated heterocycles. The Labute approximate surface area is 143 Å². The number of nitrogens with one attached hydrogen (secondary N) is 1. The van der Waals surface area contributed by atoms with Crippen LogP contribution in [0.5, 0.6) is 0 Å². The Morgan fingerprint density at radius 2 is 2.04 bits per heavy atom. The van der Waals surface area contributed by atoms with Crippen LogP contribution in [0.25, 0.3) is 11.1 Å². The highest BCUT2D eigenvalue weighted by Crippen LogP contribution is 2.42. The Bertz CT molecular complexity index is 991. The van der Waals surface area contributed by atoms with E-state index in [1.54, 1.807) is 0 Å². The maximum Gasteiger partial charge on any atom is 0.417 e. The first kappa shape index (κ1) is 16.3. The van der Waals surface area contributed by atoms with Crippen molar-refractivity contribution in [2.24, 2.45) is 5.92 Å². The molecular weight excluding hydrogens is 348 g/mol. The molecule has 9 heteroatoms. The number of carboxylic acids is 1. The minimum Gasteiger partial charge on any atom is -0.480 e. The van der Waals surface area contributed by atoms with Crippen molar-refractivity contribution < 1.29 is 22.7 Å². The zero-order valence-corrected chi connectivity index (χ0v) is 14.2. The van der Waals surface area contributed by atoms with Crippen LogP contribution in [0.2, 0.25) is 0 Å². The first-order valence-electron chi connectivity index (χ1n) is 8.27. The molecule has 2 N–H and O–H groups in total. The van der Waals surface area contributed by atoms with Gasteiger partial charge in [-0.3, -0.25) is 9.78 Å². The number of hydrogen-bond donors (Lipinski definition) is 2. The van der Waals surface area contributed by atoms with Gasteiger partial charge in [-0.15, -0.1) is 0 Å². The fraction of sp³-hybridized carbons (Fsp3) is 0.500. The molecule has 1 aromatic carbocycles. The number of benzene rings is 1. The zero-order valence-electron chi connectivity index (χ0n) is 13.3. The number of aliphatic carboxylic acids is 1. The molecule has 134 valence electrons.